The van der Waals surface area contributed by atoms with Gasteiger partial charge in [0, 0.05) is 32.7 Å². The van der Waals surface area contributed by atoms with Crippen LogP contribution in [0.5, 0.6) is 0 Å². The summed E-state index contributed by atoms with van der Waals surface area (Å²) in [4.78, 5) is 16.4. The van der Waals surface area contributed by atoms with Crippen LogP contribution in [0.15, 0.2) is 30.3 Å². The van der Waals surface area contributed by atoms with Crippen molar-refractivity contribution in [3.63, 3.8) is 0 Å². The van der Waals surface area contributed by atoms with Crippen molar-refractivity contribution in [1.82, 2.24) is 9.80 Å². The molecule has 1 heterocycles. The molecule has 0 radical (unpaired) electrons. The molecule has 1 fully saturated rings. The number of nitrogens with two attached hydrogens (primary N) is 1. The number of hydrogen-bond acceptors (Lipinski definition) is 4. The maximum Gasteiger partial charge on any atom is 0.410 e. The van der Waals surface area contributed by atoms with Crippen molar-refractivity contribution in [2.24, 2.45) is 11.7 Å². The first-order chi connectivity index (χ1) is 10.7. The average Bonchev–Trinajstić information content (AvgIpc) is 2.99. The first-order valence-corrected chi connectivity index (χ1v) is 8.11. The van der Waals surface area contributed by atoms with Gasteiger partial charge in [-0.25, -0.2) is 4.79 Å². The third kappa shape index (κ3) is 5.00. The van der Waals surface area contributed by atoms with E-state index in [0.29, 0.717) is 25.6 Å². The Balaban J connectivity index is 1.77. The number of likely N-dealkylation sites (tertiary alicyclic amines) is 1. The van der Waals surface area contributed by atoms with E-state index in [9.17, 15) is 4.79 Å². The van der Waals surface area contributed by atoms with Crippen LogP contribution < -0.4 is 5.73 Å². The highest BCUT2D eigenvalue weighted by Crippen LogP contribution is 2.17. The summed E-state index contributed by atoms with van der Waals surface area (Å²) < 4.78 is 5.42. The van der Waals surface area contributed by atoms with E-state index in [0.717, 1.165) is 38.2 Å². The van der Waals surface area contributed by atoms with Crippen molar-refractivity contribution in [3.8, 4) is 0 Å². The molecule has 5 heteroatoms. The summed E-state index contributed by atoms with van der Waals surface area (Å²) >= 11 is 0. The molecule has 0 aromatic heterocycles. The van der Waals surface area contributed by atoms with Gasteiger partial charge < -0.3 is 20.3 Å². The van der Waals surface area contributed by atoms with Crippen LogP contribution in [0.4, 0.5) is 4.79 Å². The minimum atomic E-state index is -0.219. The van der Waals surface area contributed by atoms with Gasteiger partial charge in [0.25, 0.3) is 0 Å². The maximum atomic E-state index is 12.2. The zero-order chi connectivity index (χ0) is 15.8. The lowest BCUT2D eigenvalue weighted by atomic mass is 10.1. The highest BCUT2D eigenvalue weighted by atomic mass is 16.6. The van der Waals surface area contributed by atoms with Crippen LogP contribution in [0.2, 0.25) is 0 Å². The molecule has 1 amide bonds. The molecule has 2 N–H and O–H groups in total. The molecule has 2 rings (SSSR count). The molecule has 0 saturated carbocycles. The minimum Gasteiger partial charge on any atom is -0.445 e. The van der Waals surface area contributed by atoms with Crippen LogP contribution in [-0.2, 0) is 11.3 Å². The largest absolute Gasteiger partial charge is 0.445 e. The number of hydrogen-bond donors (Lipinski definition) is 1. The van der Waals surface area contributed by atoms with E-state index in [2.05, 4.69) is 4.90 Å². The zero-order valence-electron chi connectivity index (χ0n) is 13.4. The third-order valence-corrected chi connectivity index (χ3v) is 4.14. The monoisotopic (exact) mass is 305 g/mol. The number of nitrogens with zero attached hydrogens (tertiary/aromatic N) is 2. The number of carbonyl (C=O) groups excluding carboxylic acids is 1. The van der Waals surface area contributed by atoms with Crippen LogP contribution >= 0.6 is 0 Å². The number of rotatable bonds is 7. The molecule has 0 aliphatic carbocycles. The molecule has 1 saturated heterocycles. The smallest absolute Gasteiger partial charge is 0.410 e. The van der Waals surface area contributed by atoms with Crippen LogP contribution in [0.1, 0.15) is 18.9 Å². The average molecular weight is 305 g/mol. The Morgan fingerprint density at radius 2 is 2.18 bits per heavy atom. The quantitative estimate of drug-likeness (QED) is 0.836. The minimum absolute atomic E-state index is 0.219. The first-order valence-electron chi connectivity index (χ1n) is 8.11. The van der Waals surface area contributed by atoms with Crippen molar-refractivity contribution in [1.29, 1.82) is 0 Å². The zero-order valence-corrected chi connectivity index (χ0v) is 13.4. The second-order valence-electron chi connectivity index (χ2n) is 5.82. The molecule has 122 valence electrons. The number of ether oxygens (including phenoxy) is 1. The van der Waals surface area contributed by atoms with Crippen molar-refractivity contribution >= 4 is 6.09 Å². The highest BCUT2D eigenvalue weighted by molar-refractivity contribution is 5.67. The van der Waals surface area contributed by atoms with Crippen molar-refractivity contribution < 1.29 is 9.53 Å². The van der Waals surface area contributed by atoms with E-state index in [1.54, 1.807) is 4.90 Å². The van der Waals surface area contributed by atoms with Crippen LogP contribution in [0.25, 0.3) is 0 Å². The lowest BCUT2D eigenvalue weighted by Gasteiger charge is -2.24. The number of carbonyl (C=O) groups is 1. The summed E-state index contributed by atoms with van der Waals surface area (Å²) in [7, 11) is 0. The van der Waals surface area contributed by atoms with Crippen LogP contribution in [0, 0.1) is 5.92 Å². The summed E-state index contributed by atoms with van der Waals surface area (Å²) in [6.07, 6.45) is 0.909. The fourth-order valence-corrected chi connectivity index (χ4v) is 2.90. The molecule has 1 aliphatic heterocycles. The molecule has 0 spiro atoms. The third-order valence-electron chi connectivity index (χ3n) is 4.14. The summed E-state index contributed by atoms with van der Waals surface area (Å²) in [5.41, 5.74) is 6.61. The van der Waals surface area contributed by atoms with E-state index in [1.807, 2.05) is 37.3 Å². The van der Waals surface area contributed by atoms with Gasteiger partial charge in [0.15, 0.2) is 0 Å². The molecule has 22 heavy (non-hydrogen) atoms. The van der Waals surface area contributed by atoms with Gasteiger partial charge in [0.1, 0.15) is 6.61 Å². The number of benzene rings is 1. The van der Waals surface area contributed by atoms with Crippen molar-refractivity contribution in [2.45, 2.75) is 20.0 Å². The molecule has 1 atom stereocenters. The topological polar surface area (TPSA) is 58.8 Å². The van der Waals surface area contributed by atoms with Gasteiger partial charge in [-0.15, -0.1) is 0 Å². The van der Waals surface area contributed by atoms with Crippen LogP contribution in [-0.4, -0.2) is 55.2 Å². The second kappa shape index (κ2) is 8.76. The fraction of sp³-hybridized carbons (Fsp3) is 0.588. The Bertz CT molecular complexity index is 452. The Hall–Kier alpha value is -1.59. The van der Waals surface area contributed by atoms with Gasteiger partial charge in [-0.3, -0.25) is 0 Å². The molecule has 1 aromatic carbocycles. The van der Waals surface area contributed by atoms with Crippen LogP contribution in [0.3, 0.4) is 0 Å². The standard InChI is InChI=1S/C17H27N3O2/c1-2-20(13-16-8-10-19(12-16)11-9-18)17(21)22-14-15-6-4-3-5-7-15/h3-7,16H,2,8-14,18H2,1H3/t16-/m1/s1. The molecular weight excluding hydrogens is 278 g/mol. The van der Waals surface area contributed by atoms with E-state index in [1.165, 1.54) is 0 Å². The van der Waals surface area contributed by atoms with E-state index in [-0.39, 0.29) is 6.09 Å². The highest BCUT2D eigenvalue weighted by Gasteiger charge is 2.25. The normalized spacial score (nSPS) is 18.4. The van der Waals surface area contributed by atoms with Gasteiger partial charge in [-0.2, -0.15) is 0 Å². The molecule has 0 bridgehead atoms. The Morgan fingerprint density at radius 1 is 1.41 bits per heavy atom. The fourth-order valence-electron chi connectivity index (χ4n) is 2.90. The lowest BCUT2D eigenvalue weighted by Crippen LogP contribution is -2.37. The van der Waals surface area contributed by atoms with Gasteiger partial charge in [0.2, 0.25) is 0 Å². The summed E-state index contributed by atoms with van der Waals surface area (Å²) in [5.74, 6) is 0.524. The Kier molecular flexibility index (Phi) is 6.68. The summed E-state index contributed by atoms with van der Waals surface area (Å²) in [5, 5.41) is 0. The number of amides is 1. The molecular formula is C17H27N3O2. The Morgan fingerprint density at radius 3 is 2.86 bits per heavy atom. The molecule has 1 aromatic rings. The summed E-state index contributed by atoms with van der Waals surface area (Å²) in [6.45, 7) is 7.53. The van der Waals surface area contributed by atoms with Gasteiger partial charge in [-0.1, -0.05) is 30.3 Å². The predicted octanol–water partition coefficient (Wildman–Crippen LogP) is 1.93. The van der Waals surface area contributed by atoms with Gasteiger partial charge in [-0.05, 0) is 31.4 Å². The van der Waals surface area contributed by atoms with Crippen molar-refractivity contribution in [3.05, 3.63) is 35.9 Å². The lowest BCUT2D eigenvalue weighted by molar-refractivity contribution is 0.0925. The summed E-state index contributed by atoms with van der Waals surface area (Å²) in [6, 6.07) is 9.78. The van der Waals surface area contributed by atoms with E-state index < -0.39 is 0 Å². The Labute approximate surface area is 133 Å². The molecule has 5 nitrogen and oxygen atoms in total. The van der Waals surface area contributed by atoms with Gasteiger partial charge in [0.05, 0.1) is 0 Å². The van der Waals surface area contributed by atoms with Crippen molar-refractivity contribution in [2.75, 3.05) is 39.3 Å². The molecule has 0 unspecified atom stereocenters. The second-order valence-corrected chi connectivity index (χ2v) is 5.82. The van der Waals surface area contributed by atoms with E-state index >= 15 is 0 Å². The van der Waals surface area contributed by atoms with Gasteiger partial charge >= 0.3 is 6.09 Å². The first kappa shape index (κ1) is 16.8. The van der Waals surface area contributed by atoms with E-state index in [4.69, 9.17) is 10.5 Å². The maximum absolute atomic E-state index is 12.2. The molecule has 1 aliphatic rings. The predicted molar refractivity (Wildman–Crippen MR) is 87.5 cm³/mol. The SMILES string of the molecule is CCN(C[C@@H]1CCN(CCN)C1)C(=O)OCc1ccccc1.